The first-order valence-electron chi connectivity index (χ1n) is 7.43. The minimum Gasteiger partial charge on any atom is -0.489 e. The Morgan fingerprint density at radius 1 is 0.957 bits per heavy atom. The van der Waals surface area contributed by atoms with Gasteiger partial charge in [-0.25, -0.2) is 0 Å². The highest BCUT2D eigenvalue weighted by Gasteiger charge is 2.02. The second-order valence-corrected chi connectivity index (χ2v) is 4.88. The van der Waals surface area contributed by atoms with Crippen molar-refractivity contribution in [2.24, 2.45) is 0 Å². The number of carbonyl (C=O) groups is 1. The van der Waals surface area contributed by atoms with E-state index in [4.69, 9.17) is 14.2 Å². The summed E-state index contributed by atoms with van der Waals surface area (Å²) in [5, 5.41) is 2.69. The highest BCUT2D eigenvalue weighted by molar-refractivity contribution is 5.77. The van der Waals surface area contributed by atoms with E-state index in [1.165, 1.54) is 0 Å². The molecule has 0 atom stereocenters. The molecule has 0 bridgehead atoms. The molecule has 1 N–H and O–H groups in total. The lowest BCUT2D eigenvalue weighted by Crippen LogP contribution is -2.31. The lowest BCUT2D eigenvalue weighted by atomic mass is 10.2. The molecular formula is C18H21NO4. The van der Waals surface area contributed by atoms with Crippen molar-refractivity contribution in [2.75, 3.05) is 26.9 Å². The molecule has 23 heavy (non-hydrogen) atoms. The van der Waals surface area contributed by atoms with E-state index in [1.807, 2.05) is 42.5 Å². The van der Waals surface area contributed by atoms with Gasteiger partial charge in [-0.3, -0.25) is 4.79 Å². The standard InChI is InChI=1S/C18H21NO4/c1-21-12-11-19-18(20)14-23-17-9-7-16(8-10-17)22-13-15-5-3-2-4-6-15/h2-10H,11-14H2,1H3,(H,19,20). The molecule has 0 saturated heterocycles. The first kappa shape index (κ1) is 16.8. The minimum atomic E-state index is -0.175. The molecule has 5 nitrogen and oxygen atoms in total. The van der Waals surface area contributed by atoms with Crippen LogP contribution in [0.2, 0.25) is 0 Å². The van der Waals surface area contributed by atoms with E-state index in [-0.39, 0.29) is 12.5 Å². The summed E-state index contributed by atoms with van der Waals surface area (Å²) in [5.41, 5.74) is 1.11. The zero-order chi connectivity index (χ0) is 16.3. The number of methoxy groups -OCH3 is 1. The van der Waals surface area contributed by atoms with E-state index >= 15 is 0 Å². The summed E-state index contributed by atoms with van der Waals surface area (Å²) >= 11 is 0. The normalized spacial score (nSPS) is 10.1. The van der Waals surface area contributed by atoms with Crippen molar-refractivity contribution in [1.82, 2.24) is 5.32 Å². The Hall–Kier alpha value is -2.53. The number of hydrogen-bond acceptors (Lipinski definition) is 4. The van der Waals surface area contributed by atoms with Crippen molar-refractivity contribution in [3.63, 3.8) is 0 Å². The van der Waals surface area contributed by atoms with Crippen LogP contribution in [0.3, 0.4) is 0 Å². The molecule has 122 valence electrons. The van der Waals surface area contributed by atoms with Crippen LogP contribution in [0.1, 0.15) is 5.56 Å². The maximum Gasteiger partial charge on any atom is 0.258 e. The van der Waals surface area contributed by atoms with E-state index in [2.05, 4.69) is 5.32 Å². The predicted octanol–water partition coefficient (Wildman–Crippen LogP) is 2.41. The summed E-state index contributed by atoms with van der Waals surface area (Å²) in [5.74, 6) is 1.20. The summed E-state index contributed by atoms with van der Waals surface area (Å²) < 4.78 is 16.0. The molecule has 0 heterocycles. The van der Waals surface area contributed by atoms with E-state index in [0.29, 0.717) is 25.5 Å². The summed E-state index contributed by atoms with van der Waals surface area (Å²) in [6, 6.07) is 17.2. The molecule has 0 aliphatic carbocycles. The third kappa shape index (κ3) is 6.40. The fourth-order valence-corrected chi connectivity index (χ4v) is 1.87. The molecule has 2 rings (SSSR count). The molecule has 2 aromatic carbocycles. The first-order chi connectivity index (χ1) is 11.3. The molecule has 0 unspecified atom stereocenters. The Labute approximate surface area is 136 Å². The number of ether oxygens (including phenoxy) is 3. The van der Waals surface area contributed by atoms with Gasteiger partial charge in [0.05, 0.1) is 6.61 Å². The number of nitrogens with one attached hydrogen (secondary N) is 1. The zero-order valence-electron chi connectivity index (χ0n) is 13.2. The predicted molar refractivity (Wildman–Crippen MR) is 87.6 cm³/mol. The van der Waals surface area contributed by atoms with Crippen LogP contribution in [0.4, 0.5) is 0 Å². The van der Waals surface area contributed by atoms with Crippen LogP contribution in [0.15, 0.2) is 54.6 Å². The largest absolute Gasteiger partial charge is 0.489 e. The minimum absolute atomic E-state index is 0.0199. The fraction of sp³-hybridized carbons (Fsp3) is 0.278. The molecule has 5 heteroatoms. The Kier molecular flexibility index (Phi) is 6.94. The third-order valence-electron chi connectivity index (χ3n) is 3.07. The van der Waals surface area contributed by atoms with Crippen molar-refractivity contribution in [3.8, 4) is 11.5 Å². The second-order valence-electron chi connectivity index (χ2n) is 4.88. The maximum atomic E-state index is 11.5. The van der Waals surface area contributed by atoms with Gasteiger partial charge in [0.25, 0.3) is 5.91 Å². The van der Waals surface area contributed by atoms with Crippen LogP contribution >= 0.6 is 0 Å². The van der Waals surface area contributed by atoms with Gasteiger partial charge in [-0.05, 0) is 29.8 Å². The van der Waals surface area contributed by atoms with E-state index in [0.717, 1.165) is 11.3 Å². The Morgan fingerprint density at radius 2 is 1.61 bits per heavy atom. The number of benzene rings is 2. The van der Waals surface area contributed by atoms with Crippen LogP contribution in [0.25, 0.3) is 0 Å². The lowest BCUT2D eigenvalue weighted by Gasteiger charge is -2.09. The molecule has 0 fully saturated rings. The highest BCUT2D eigenvalue weighted by atomic mass is 16.5. The van der Waals surface area contributed by atoms with Gasteiger partial charge in [0.1, 0.15) is 18.1 Å². The van der Waals surface area contributed by atoms with Gasteiger partial charge in [-0.2, -0.15) is 0 Å². The van der Waals surface area contributed by atoms with Gasteiger partial charge in [0, 0.05) is 13.7 Å². The van der Waals surface area contributed by atoms with Crippen LogP contribution in [-0.4, -0.2) is 32.8 Å². The molecule has 0 aliphatic heterocycles. The number of rotatable bonds is 9. The van der Waals surface area contributed by atoms with Crippen LogP contribution in [0.5, 0.6) is 11.5 Å². The monoisotopic (exact) mass is 315 g/mol. The van der Waals surface area contributed by atoms with Crippen molar-refractivity contribution < 1.29 is 19.0 Å². The quantitative estimate of drug-likeness (QED) is 0.722. The van der Waals surface area contributed by atoms with Crippen LogP contribution in [-0.2, 0) is 16.1 Å². The second kappa shape index (κ2) is 9.48. The van der Waals surface area contributed by atoms with Crippen LogP contribution in [0, 0.1) is 0 Å². The summed E-state index contributed by atoms with van der Waals surface area (Å²) in [4.78, 5) is 11.5. The molecule has 0 spiro atoms. The van der Waals surface area contributed by atoms with Gasteiger partial charge in [0.15, 0.2) is 6.61 Å². The summed E-state index contributed by atoms with van der Waals surface area (Å²) in [7, 11) is 1.59. The average Bonchev–Trinajstić information content (AvgIpc) is 2.60. The lowest BCUT2D eigenvalue weighted by molar-refractivity contribution is -0.123. The van der Waals surface area contributed by atoms with Gasteiger partial charge < -0.3 is 19.5 Å². The molecule has 0 aliphatic rings. The molecule has 0 aromatic heterocycles. The van der Waals surface area contributed by atoms with Crippen molar-refractivity contribution in [2.45, 2.75) is 6.61 Å². The van der Waals surface area contributed by atoms with Crippen LogP contribution < -0.4 is 14.8 Å². The van der Waals surface area contributed by atoms with Gasteiger partial charge in [-0.15, -0.1) is 0 Å². The van der Waals surface area contributed by atoms with E-state index in [1.54, 1.807) is 19.2 Å². The molecule has 0 radical (unpaired) electrons. The maximum absolute atomic E-state index is 11.5. The molecule has 1 amide bonds. The van der Waals surface area contributed by atoms with E-state index < -0.39 is 0 Å². The van der Waals surface area contributed by atoms with Crippen molar-refractivity contribution in [3.05, 3.63) is 60.2 Å². The summed E-state index contributed by atoms with van der Waals surface area (Å²) in [6.07, 6.45) is 0. The third-order valence-corrected chi connectivity index (χ3v) is 3.07. The SMILES string of the molecule is COCCNC(=O)COc1ccc(OCc2ccccc2)cc1. The first-order valence-corrected chi connectivity index (χ1v) is 7.43. The Bertz CT molecular complexity index is 584. The van der Waals surface area contributed by atoms with Gasteiger partial charge in [0.2, 0.25) is 0 Å². The van der Waals surface area contributed by atoms with Gasteiger partial charge >= 0.3 is 0 Å². The molecule has 2 aromatic rings. The van der Waals surface area contributed by atoms with Crippen molar-refractivity contribution >= 4 is 5.91 Å². The average molecular weight is 315 g/mol. The zero-order valence-corrected chi connectivity index (χ0v) is 13.2. The number of carbonyl (C=O) groups excluding carboxylic acids is 1. The smallest absolute Gasteiger partial charge is 0.258 e. The summed E-state index contributed by atoms with van der Waals surface area (Å²) in [6.45, 7) is 1.46. The van der Waals surface area contributed by atoms with E-state index in [9.17, 15) is 4.79 Å². The van der Waals surface area contributed by atoms with Crippen molar-refractivity contribution in [1.29, 1.82) is 0 Å². The topological polar surface area (TPSA) is 56.8 Å². The van der Waals surface area contributed by atoms with Gasteiger partial charge in [-0.1, -0.05) is 30.3 Å². The number of hydrogen-bond donors (Lipinski definition) is 1. The fourth-order valence-electron chi connectivity index (χ4n) is 1.87. The number of amides is 1. The molecular weight excluding hydrogens is 294 g/mol. The Morgan fingerprint density at radius 3 is 2.26 bits per heavy atom. The molecule has 0 saturated carbocycles. The Balaban J connectivity index is 1.72. The highest BCUT2D eigenvalue weighted by Crippen LogP contribution is 2.18.